The van der Waals surface area contributed by atoms with Crippen LogP contribution in [0.1, 0.15) is 48.5 Å². The molecule has 4 heteroatoms. The zero-order valence-electron chi connectivity index (χ0n) is 12.2. The highest BCUT2D eigenvalue weighted by Gasteiger charge is 2.20. The molecule has 1 fully saturated rings. The van der Waals surface area contributed by atoms with Crippen LogP contribution in [0.4, 0.5) is 10.1 Å². The van der Waals surface area contributed by atoms with Crippen LogP contribution in [-0.4, -0.2) is 12.5 Å². The molecule has 2 rings (SSSR count). The summed E-state index contributed by atoms with van der Waals surface area (Å²) in [6.45, 7) is 4.50. The van der Waals surface area contributed by atoms with Crippen LogP contribution in [0.2, 0.25) is 0 Å². The lowest BCUT2D eigenvalue weighted by molar-refractivity contribution is 0.0937. The van der Waals surface area contributed by atoms with Crippen LogP contribution >= 0.6 is 0 Å². The quantitative estimate of drug-likeness (QED) is 0.834. The molecule has 3 N–H and O–H groups in total. The molecule has 1 aliphatic carbocycles. The number of hydrogen-bond donors (Lipinski definition) is 2. The highest BCUT2D eigenvalue weighted by atomic mass is 19.1. The van der Waals surface area contributed by atoms with Gasteiger partial charge in [-0.3, -0.25) is 4.79 Å². The number of nitrogen functional groups attached to an aromatic ring is 1. The Labute approximate surface area is 119 Å². The summed E-state index contributed by atoms with van der Waals surface area (Å²) in [5.41, 5.74) is 6.54. The monoisotopic (exact) mass is 278 g/mol. The first-order valence-electron chi connectivity index (χ1n) is 7.31. The van der Waals surface area contributed by atoms with E-state index in [1.807, 2.05) is 0 Å². The number of amides is 1. The lowest BCUT2D eigenvalue weighted by Gasteiger charge is -2.26. The van der Waals surface area contributed by atoms with Crippen LogP contribution in [-0.2, 0) is 0 Å². The van der Waals surface area contributed by atoms with E-state index in [2.05, 4.69) is 12.2 Å². The summed E-state index contributed by atoms with van der Waals surface area (Å²) in [7, 11) is 0. The summed E-state index contributed by atoms with van der Waals surface area (Å²) in [4.78, 5) is 12.1. The predicted molar refractivity (Wildman–Crippen MR) is 79.0 cm³/mol. The number of carbonyl (C=O) groups excluding carboxylic acids is 1. The van der Waals surface area contributed by atoms with Crippen molar-refractivity contribution in [3.63, 3.8) is 0 Å². The second-order valence-corrected chi connectivity index (χ2v) is 6.04. The SMILES string of the molecule is Cc1cc(N)cc(C(=O)NCC2CCC(C)CC2)c1F. The van der Waals surface area contributed by atoms with E-state index < -0.39 is 5.82 Å². The molecule has 20 heavy (non-hydrogen) atoms. The zero-order valence-corrected chi connectivity index (χ0v) is 12.2. The summed E-state index contributed by atoms with van der Waals surface area (Å²) in [5, 5.41) is 2.84. The van der Waals surface area contributed by atoms with Gasteiger partial charge >= 0.3 is 0 Å². The van der Waals surface area contributed by atoms with Crippen molar-refractivity contribution >= 4 is 11.6 Å². The Balaban J connectivity index is 1.95. The standard InChI is InChI=1S/C16H23FN2O/c1-10-3-5-12(6-4-10)9-19-16(20)14-8-13(18)7-11(2)15(14)17/h7-8,10,12H,3-6,9,18H2,1-2H3,(H,19,20). The van der Waals surface area contributed by atoms with Gasteiger partial charge in [0, 0.05) is 12.2 Å². The van der Waals surface area contributed by atoms with Crippen LogP contribution < -0.4 is 11.1 Å². The fourth-order valence-electron chi connectivity index (χ4n) is 2.83. The number of carbonyl (C=O) groups is 1. The molecule has 0 atom stereocenters. The Morgan fingerprint density at radius 1 is 1.35 bits per heavy atom. The van der Waals surface area contributed by atoms with Gasteiger partial charge in [-0.1, -0.05) is 19.8 Å². The lowest BCUT2D eigenvalue weighted by Crippen LogP contribution is -2.31. The van der Waals surface area contributed by atoms with Crippen molar-refractivity contribution in [2.75, 3.05) is 12.3 Å². The maximum Gasteiger partial charge on any atom is 0.254 e. The highest BCUT2D eigenvalue weighted by Crippen LogP contribution is 2.27. The largest absolute Gasteiger partial charge is 0.399 e. The minimum Gasteiger partial charge on any atom is -0.399 e. The van der Waals surface area contributed by atoms with Gasteiger partial charge in [-0.15, -0.1) is 0 Å². The highest BCUT2D eigenvalue weighted by molar-refractivity contribution is 5.95. The third-order valence-electron chi connectivity index (χ3n) is 4.21. The molecule has 0 heterocycles. The maximum absolute atomic E-state index is 13.9. The molecular weight excluding hydrogens is 255 g/mol. The number of rotatable bonds is 3. The third kappa shape index (κ3) is 3.50. The second-order valence-electron chi connectivity index (χ2n) is 6.04. The molecule has 0 radical (unpaired) electrons. The van der Waals surface area contributed by atoms with Crippen LogP contribution in [0.5, 0.6) is 0 Å². The van der Waals surface area contributed by atoms with Gasteiger partial charge in [0.1, 0.15) is 5.82 Å². The van der Waals surface area contributed by atoms with Crippen LogP contribution in [0, 0.1) is 24.6 Å². The Morgan fingerprint density at radius 2 is 2.00 bits per heavy atom. The van der Waals surface area contributed by atoms with E-state index in [1.54, 1.807) is 6.92 Å². The van der Waals surface area contributed by atoms with E-state index in [-0.39, 0.29) is 11.5 Å². The van der Waals surface area contributed by atoms with Crippen molar-refractivity contribution in [3.05, 3.63) is 29.1 Å². The summed E-state index contributed by atoms with van der Waals surface area (Å²) in [6, 6.07) is 2.94. The Hall–Kier alpha value is -1.58. The zero-order chi connectivity index (χ0) is 14.7. The molecule has 1 amide bonds. The lowest BCUT2D eigenvalue weighted by atomic mass is 9.83. The molecule has 0 aliphatic heterocycles. The average Bonchev–Trinajstić information content (AvgIpc) is 2.42. The first kappa shape index (κ1) is 14.8. The van der Waals surface area contributed by atoms with Gasteiger partial charge in [-0.2, -0.15) is 0 Å². The molecule has 0 unspecified atom stereocenters. The van der Waals surface area contributed by atoms with E-state index in [0.717, 1.165) is 18.8 Å². The van der Waals surface area contributed by atoms with Gasteiger partial charge < -0.3 is 11.1 Å². The van der Waals surface area contributed by atoms with Crippen LogP contribution in [0.25, 0.3) is 0 Å². The molecule has 1 saturated carbocycles. The van der Waals surface area contributed by atoms with Crippen molar-refractivity contribution in [1.82, 2.24) is 5.32 Å². The van der Waals surface area contributed by atoms with Crippen molar-refractivity contribution in [2.45, 2.75) is 39.5 Å². The number of nitrogens with two attached hydrogens (primary N) is 1. The number of benzene rings is 1. The van der Waals surface area contributed by atoms with Gasteiger partial charge in [-0.05, 0) is 49.3 Å². The van der Waals surface area contributed by atoms with E-state index >= 15 is 0 Å². The molecule has 1 aliphatic rings. The van der Waals surface area contributed by atoms with Gasteiger partial charge in [0.15, 0.2) is 0 Å². The van der Waals surface area contributed by atoms with E-state index in [4.69, 9.17) is 5.73 Å². The number of anilines is 1. The Kier molecular flexibility index (Phi) is 4.63. The van der Waals surface area contributed by atoms with Crippen LogP contribution in [0.15, 0.2) is 12.1 Å². The van der Waals surface area contributed by atoms with Crippen LogP contribution in [0.3, 0.4) is 0 Å². The molecule has 1 aromatic rings. The minimum absolute atomic E-state index is 0.0478. The van der Waals surface area contributed by atoms with Crippen molar-refractivity contribution in [2.24, 2.45) is 11.8 Å². The number of nitrogens with one attached hydrogen (secondary N) is 1. The number of hydrogen-bond acceptors (Lipinski definition) is 2. The average molecular weight is 278 g/mol. The fourth-order valence-corrected chi connectivity index (χ4v) is 2.83. The van der Waals surface area contributed by atoms with Gasteiger partial charge in [0.2, 0.25) is 0 Å². The van der Waals surface area contributed by atoms with E-state index in [9.17, 15) is 9.18 Å². The van der Waals surface area contributed by atoms with Crippen molar-refractivity contribution in [3.8, 4) is 0 Å². The molecule has 110 valence electrons. The molecular formula is C16H23FN2O. The summed E-state index contributed by atoms with van der Waals surface area (Å²) >= 11 is 0. The first-order valence-corrected chi connectivity index (χ1v) is 7.31. The molecule has 0 spiro atoms. The molecule has 0 bridgehead atoms. The van der Waals surface area contributed by atoms with E-state index in [1.165, 1.54) is 25.0 Å². The third-order valence-corrected chi connectivity index (χ3v) is 4.21. The summed E-state index contributed by atoms with van der Waals surface area (Å²) < 4.78 is 13.9. The molecule has 0 aromatic heterocycles. The predicted octanol–water partition coefficient (Wildman–Crippen LogP) is 3.27. The summed E-state index contributed by atoms with van der Waals surface area (Å²) in [6.07, 6.45) is 4.71. The molecule has 1 aromatic carbocycles. The fraction of sp³-hybridized carbons (Fsp3) is 0.562. The van der Waals surface area contributed by atoms with Gasteiger partial charge in [0.05, 0.1) is 5.56 Å². The van der Waals surface area contributed by atoms with Gasteiger partial charge in [0.25, 0.3) is 5.91 Å². The number of aryl methyl sites for hydroxylation is 1. The van der Waals surface area contributed by atoms with Crippen molar-refractivity contribution < 1.29 is 9.18 Å². The first-order chi connectivity index (χ1) is 9.47. The topological polar surface area (TPSA) is 55.1 Å². The van der Waals surface area contributed by atoms with Crippen molar-refractivity contribution in [1.29, 1.82) is 0 Å². The smallest absolute Gasteiger partial charge is 0.254 e. The Morgan fingerprint density at radius 3 is 2.65 bits per heavy atom. The second kappa shape index (κ2) is 6.25. The minimum atomic E-state index is -0.478. The maximum atomic E-state index is 13.9. The molecule has 3 nitrogen and oxygen atoms in total. The van der Waals surface area contributed by atoms with E-state index in [0.29, 0.717) is 23.7 Å². The summed E-state index contributed by atoms with van der Waals surface area (Å²) in [5.74, 6) is 0.460. The van der Waals surface area contributed by atoms with Gasteiger partial charge in [-0.25, -0.2) is 4.39 Å². The number of halogens is 1. The normalized spacial score (nSPS) is 22.6. The molecule has 0 saturated heterocycles. The Bertz CT molecular complexity index is 493.